The minimum absolute atomic E-state index is 0. The van der Waals surface area contributed by atoms with E-state index in [0.29, 0.717) is 30.6 Å². The van der Waals surface area contributed by atoms with Crippen LogP contribution in [0.1, 0.15) is 30.9 Å². The molecular formula is C19H26F3IN4O3. The highest BCUT2D eigenvalue weighted by atomic mass is 127. The number of rotatable bonds is 8. The third kappa shape index (κ3) is 8.01. The molecule has 0 radical (unpaired) electrons. The molecule has 0 aliphatic carbocycles. The molecule has 0 aliphatic rings. The molecule has 2 heterocycles. The van der Waals surface area contributed by atoms with E-state index in [1.807, 2.05) is 6.92 Å². The summed E-state index contributed by atoms with van der Waals surface area (Å²) < 4.78 is 48.3. The Bertz CT molecular complexity index is 808. The minimum Gasteiger partial charge on any atom is -0.476 e. The van der Waals surface area contributed by atoms with E-state index in [4.69, 9.17) is 9.15 Å². The molecule has 30 heavy (non-hydrogen) atoms. The van der Waals surface area contributed by atoms with Gasteiger partial charge in [-0.25, -0.2) is 9.98 Å². The summed E-state index contributed by atoms with van der Waals surface area (Å²) in [5.74, 6) is 1.67. The Balaban J connectivity index is 0.00000450. The number of alkyl halides is 3. The van der Waals surface area contributed by atoms with Crippen molar-refractivity contribution in [3.8, 4) is 5.88 Å². The van der Waals surface area contributed by atoms with Crippen molar-refractivity contribution in [2.24, 2.45) is 4.99 Å². The number of aliphatic hydroxyl groups is 1. The second kappa shape index (κ2) is 11.4. The molecule has 3 N–H and O–H groups in total. The van der Waals surface area contributed by atoms with Crippen LogP contribution in [0.2, 0.25) is 0 Å². The highest BCUT2D eigenvalue weighted by Crippen LogP contribution is 2.29. The molecule has 0 amide bonds. The molecule has 0 fully saturated rings. The van der Waals surface area contributed by atoms with Gasteiger partial charge in [-0.3, -0.25) is 0 Å². The van der Waals surface area contributed by atoms with Gasteiger partial charge < -0.3 is 24.9 Å². The first-order chi connectivity index (χ1) is 13.6. The average Bonchev–Trinajstić information content (AvgIpc) is 3.10. The van der Waals surface area contributed by atoms with Crippen LogP contribution in [0.15, 0.2) is 39.9 Å². The summed E-state index contributed by atoms with van der Waals surface area (Å²) in [6.45, 7) is 6.46. The molecule has 11 heteroatoms. The first kappa shape index (κ1) is 26.0. The van der Waals surface area contributed by atoms with Crippen LogP contribution in [0, 0.1) is 6.92 Å². The lowest BCUT2D eigenvalue weighted by molar-refractivity contribution is -0.137. The topological polar surface area (TPSA) is 91.9 Å². The van der Waals surface area contributed by atoms with E-state index < -0.39 is 17.3 Å². The van der Waals surface area contributed by atoms with Crippen molar-refractivity contribution in [2.45, 2.75) is 32.5 Å². The van der Waals surface area contributed by atoms with E-state index in [1.165, 1.54) is 6.07 Å². The number of nitrogens with zero attached hydrogens (tertiary/aromatic N) is 2. The highest BCUT2D eigenvalue weighted by molar-refractivity contribution is 14.0. The Morgan fingerprint density at radius 2 is 1.97 bits per heavy atom. The fraction of sp³-hybridized carbons (Fsp3) is 0.474. The van der Waals surface area contributed by atoms with E-state index in [1.54, 1.807) is 26.0 Å². The van der Waals surface area contributed by atoms with E-state index >= 15 is 0 Å². The summed E-state index contributed by atoms with van der Waals surface area (Å²) in [4.78, 5) is 7.99. The lowest BCUT2D eigenvalue weighted by Crippen LogP contribution is -2.40. The maximum Gasteiger partial charge on any atom is 0.417 e. The molecule has 1 unspecified atom stereocenters. The number of pyridine rings is 1. The molecule has 7 nitrogen and oxygen atoms in total. The molecule has 2 aromatic rings. The number of halogens is 4. The smallest absolute Gasteiger partial charge is 0.417 e. The maximum atomic E-state index is 12.5. The quantitative estimate of drug-likeness (QED) is 0.205. The Labute approximate surface area is 190 Å². The van der Waals surface area contributed by atoms with Gasteiger partial charge in [0.05, 0.1) is 18.7 Å². The van der Waals surface area contributed by atoms with Crippen molar-refractivity contribution in [2.75, 3.05) is 26.2 Å². The van der Waals surface area contributed by atoms with Gasteiger partial charge in [-0.1, -0.05) is 0 Å². The van der Waals surface area contributed by atoms with Crippen LogP contribution < -0.4 is 15.4 Å². The lowest BCUT2D eigenvalue weighted by atomic mass is 10.0. The van der Waals surface area contributed by atoms with Gasteiger partial charge in [0, 0.05) is 18.8 Å². The molecule has 0 aliphatic heterocycles. The van der Waals surface area contributed by atoms with Crippen LogP contribution >= 0.6 is 24.0 Å². The molecule has 0 spiro atoms. The first-order valence-corrected chi connectivity index (χ1v) is 9.09. The Kier molecular flexibility index (Phi) is 9.88. The van der Waals surface area contributed by atoms with Gasteiger partial charge in [-0.05, 0) is 39.0 Å². The Morgan fingerprint density at radius 3 is 2.50 bits per heavy atom. The van der Waals surface area contributed by atoms with Crippen LogP contribution in [0.5, 0.6) is 5.88 Å². The summed E-state index contributed by atoms with van der Waals surface area (Å²) in [6.07, 6.45) is -3.70. The molecule has 2 rings (SSSR count). The number of furan rings is 1. The minimum atomic E-state index is -4.43. The van der Waals surface area contributed by atoms with Gasteiger partial charge >= 0.3 is 6.18 Å². The number of ether oxygens (including phenoxy) is 1. The number of nitrogens with one attached hydrogen (secondary N) is 2. The fourth-order valence-electron chi connectivity index (χ4n) is 2.34. The van der Waals surface area contributed by atoms with Crippen molar-refractivity contribution >= 4 is 29.9 Å². The zero-order valence-electron chi connectivity index (χ0n) is 16.9. The predicted molar refractivity (Wildman–Crippen MR) is 117 cm³/mol. The molecule has 1 atom stereocenters. The number of aliphatic imine (C=N–C) groups is 1. The SMILES string of the molecule is CCNC(=NCC(C)(O)c1ccc(C)o1)NCCOc1ccc(C(F)(F)F)cn1.I. The van der Waals surface area contributed by atoms with E-state index in [9.17, 15) is 18.3 Å². The second-order valence-corrected chi connectivity index (χ2v) is 6.54. The summed E-state index contributed by atoms with van der Waals surface area (Å²) in [5, 5.41) is 16.6. The largest absolute Gasteiger partial charge is 0.476 e. The summed E-state index contributed by atoms with van der Waals surface area (Å²) in [7, 11) is 0. The van der Waals surface area contributed by atoms with Gasteiger partial charge in [0.2, 0.25) is 5.88 Å². The number of aromatic nitrogens is 1. The van der Waals surface area contributed by atoms with Crippen molar-refractivity contribution in [3.63, 3.8) is 0 Å². The van der Waals surface area contributed by atoms with Crippen molar-refractivity contribution in [1.82, 2.24) is 15.6 Å². The zero-order valence-corrected chi connectivity index (χ0v) is 19.2. The molecule has 168 valence electrons. The number of aryl methyl sites for hydroxylation is 1. The normalized spacial score (nSPS) is 13.9. The Hall–Kier alpha value is -2.02. The van der Waals surface area contributed by atoms with Crippen LogP contribution in [0.4, 0.5) is 13.2 Å². The summed E-state index contributed by atoms with van der Waals surface area (Å²) in [6, 6.07) is 5.56. The van der Waals surface area contributed by atoms with Gasteiger partial charge in [-0.2, -0.15) is 13.2 Å². The van der Waals surface area contributed by atoms with Crippen LogP contribution in [-0.2, 0) is 11.8 Å². The summed E-state index contributed by atoms with van der Waals surface area (Å²) in [5.41, 5.74) is -2.10. The standard InChI is InChI=1S/C19H25F3N4O3.HI/c1-4-23-17(26-12-18(3,27)15-7-5-13(2)29-15)24-9-10-28-16-8-6-14(11-25-16)19(20,21)22;/h5-8,11,27H,4,9-10,12H2,1-3H3,(H2,23,24,26);1H. The van der Waals surface area contributed by atoms with Gasteiger partial charge in [0.15, 0.2) is 5.96 Å². The predicted octanol–water partition coefficient (Wildman–Crippen LogP) is 3.46. The van der Waals surface area contributed by atoms with E-state index in [2.05, 4.69) is 20.6 Å². The maximum absolute atomic E-state index is 12.5. The third-order valence-corrected chi connectivity index (χ3v) is 3.87. The Morgan fingerprint density at radius 1 is 1.23 bits per heavy atom. The summed E-state index contributed by atoms with van der Waals surface area (Å²) >= 11 is 0. The van der Waals surface area contributed by atoms with E-state index in [-0.39, 0.29) is 43.0 Å². The average molecular weight is 542 g/mol. The van der Waals surface area contributed by atoms with Crippen molar-refractivity contribution < 1.29 is 27.4 Å². The third-order valence-electron chi connectivity index (χ3n) is 3.87. The highest BCUT2D eigenvalue weighted by Gasteiger charge is 2.30. The van der Waals surface area contributed by atoms with Gasteiger partial charge in [0.25, 0.3) is 0 Å². The van der Waals surface area contributed by atoms with Crippen molar-refractivity contribution in [1.29, 1.82) is 0 Å². The molecule has 0 bridgehead atoms. The van der Waals surface area contributed by atoms with Gasteiger partial charge in [0.1, 0.15) is 23.7 Å². The molecule has 0 aromatic carbocycles. The van der Waals surface area contributed by atoms with Crippen LogP contribution in [0.25, 0.3) is 0 Å². The van der Waals surface area contributed by atoms with E-state index in [0.717, 1.165) is 12.3 Å². The molecule has 0 saturated carbocycles. The molecular weight excluding hydrogens is 516 g/mol. The first-order valence-electron chi connectivity index (χ1n) is 9.09. The van der Waals surface area contributed by atoms with Crippen LogP contribution in [-0.4, -0.2) is 42.3 Å². The molecule has 2 aromatic heterocycles. The number of guanidine groups is 1. The second-order valence-electron chi connectivity index (χ2n) is 6.54. The monoisotopic (exact) mass is 542 g/mol. The van der Waals surface area contributed by atoms with Crippen molar-refractivity contribution in [3.05, 3.63) is 47.5 Å². The fourth-order valence-corrected chi connectivity index (χ4v) is 2.34. The van der Waals surface area contributed by atoms with Gasteiger partial charge in [-0.15, -0.1) is 24.0 Å². The zero-order chi connectivity index (χ0) is 21.5. The number of hydrogen-bond donors (Lipinski definition) is 3. The lowest BCUT2D eigenvalue weighted by Gasteiger charge is -2.19. The number of hydrogen-bond acceptors (Lipinski definition) is 5. The molecule has 0 saturated heterocycles. The van der Waals surface area contributed by atoms with Crippen LogP contribution in [0.3, 0.4) is 0 Å².